The second kappa shape index (κ2) is 24.0. The first-order chi connectivity index (χ1) is 25.1. The van der Waals surface area contributed by atoms with Gasteiger partial charge >= 0.3 is 35.5 Å². The Bertz CT molecular complexity index is 2170. The van der Waals surface area contributed by atoms with E-state index in [0.717, 1.165) is 66.3 Å². The quantitative estimate of drug-likeness (QED) is 0.0935. The van der Waals surface area contributed by atoms with Gasteiger partial charge in [-0.1, -0.05) is 18.2 Å². The maximum absolute atomic E-state index is 10.6. The van der Waals surface area contributed by atoms with Crippen LogP contribution in [0.3, 0.4) is 0 Å². The molecule has 16 heteroatoms. The number of furan rings is 4. The molecule has 0 unspecified atom stereocenters. The molecule has 0 saturated carbocycles. The van der Waals surface area contributed by atoms with Crippen LogP contribution in [0, 0.1) is 0 Å². The third kappa shape index (κ3) is 14.5. The van der Waals surface area contributed by atoms with E-state index in [9.17, 15) is 4.79 Å². The number of alkyl halides is 1. The summed E-state index contributed by atoms with van der Waals surface area (Å²) in [4.78, 5) is 10.6. The molecule has 0 fully saturated rings. The molecule has 1 atom stereocenters. The van der Waals surface area contributed by atoms with E-state index in [1.54, 1.807) is 32.2 Å². The van der Waals surface area contributed by atoms with Gasteiger partial charge < -0.3 is 39.8 Å². The summed E-state index contributed by atoms with van der Waals surface area (Å²) in [5, 5.41) is 21.7. The van der Waals surface area contributed by atoms with Gasteiger partial charge in [0.25, 0.3) is 0 Å². The van der Waals surface area contributed by atoms with Crippen LogP contribution in [-0.4, -0.2) is 42.0 Å². The van der Waals surface area contributed by atoms with Crippen molar-refractivity contribution in [3.63, 3.8) is 0 Å². The second-order valence-corrected chi connectivity index (χ2v) is 13.6. The van der Waals surface area contributed by atoms with Gasteiger partial charge in [0.05, 0.1) is 38.8 Å². The largest absolute Gasteiger partial charge is 1.00 e. The van der Waals surface area contributed by atoms with Gasteiger partial charge in [0.2, 0.25) is 9.23 Å². The number of rotatable bonds is 6. The first kappa shape index (κ1) is 46.5. The molecular formula is C38H35BCl3NNaO9S. The van der Waals surface area contributed by atoms with Gasteiger partial charge in [-0.15, -0.1) is 11.6 Å². The summed E-state index contributed by atoms with van der Waals surface area (Å²) in [5.74, 6) is 0.433. The zero-order chi connectivity index (χ0) is 37.5. The number of nitrogens with two attached hydrogens (primary N) is 1. The van der Waals surface area contributed by atoms with Crippen LogP contribution in [0.15, 0.2) is 140 Å². The van der Waals surface area contributed by atoms with Crippen LogP contribution in [-0.2, 0) is 32.9 Å². The first-order valence-electron chi connectivity index (χ1n) is 15.4. The number of carboxylic acid groups (broad SMARTS) is 1. The van der Waals surface area contributed by atoms with E-state index >= 15 is 0 Å². The van der Waals surface area contributed by atoms with Crippen molar-refractivity contribution in [3.05, 3.63) is 139 Å². The Hall–Kier alpha value is -3.69. The third-order valence-electron chi connectivity index (χ3n) is 7.32. The van der Waals surface area contributed by atoms with Crippen molar-refractivity contribution >= 4 is 100 Å². The Morgan fingerprint density at radius 2 is 1.09 bits per heavy atom. The molecule has 0 saturated heterocycles. The Labute approximate surface area is 352 Å². The van der Waals surface area contributed by atoms with Gasteiger partial charge in [0.15, 0.2) is 0 Å². The Morgan fingerprint density at radius 1 is 0.722 bits per heavy atom. The minimum absolute atomic E-state index is 0. The summed E-state index contributed by atoms with van der Waals surface area (Å²) in [6.07, 6.45) is 6.93. The number of aliphatic hydroxyl groups excluding tert-OH is 1. The Morgan fingerprint density at radius 3 is 1.50 bits per heavy atom. The smallest absolute Gasteiger partial charge is 1.00 e. The number of aliphatic hydroxyl groups is 1. The van der Waals surface area contributed by atoms with E-state index in [1.807, 2.05) is 97.1 Å². The van der Waals surface area contributed by atoms with E-state index in [0.29, 0.717) is 12.3 Å². The molecule has 3 radical (unpaired) electrons. The van der Waals surface area contributed by atoms with Gasteiger partial charge in [0.1, 0.15) is 34.1 Å². The number of fused-ring (bicyclic) bond motifs is 4. The fourth-order valence-electron chi connectivity index (χ4n) is 4.77. The zero-order valence-corrected chi connectivity index (χ0v) is 34.3. The minimum atomic E-state index is -1.67. The number of ether oxygens (including phenoxy) is 1. The topological polar surface area (TPSA) is 162 Å². The number of hydrogen-bond donors (Lipinski definition) is 3. The summed E-state index contributed by atoms with van der Waals surface area (Å²) >= 11 is 5.66. The van der Waals surface area contributed by atoms with Gasteiger partial charge in [-0.05, 0) is 102 Å². The van der Waals surface area contributed by atoms with Gasteiger partial charge in [0, 0.05) is 57.2 Å². The molecule has 4 N–H and O–H groups in total. The summed E-state index contributed by atoms with van der Waals surface area (Å²) in [5.41, 5.74) is 11.9. The number of benzene rings is 4. The van der Waals surface area contributed by atoms with E-state index < -0.39 is 21.2 Å². The summed E-state index contributed by atoms with van der Waals surface area (Å²) in [6, 6.07) is 29.6. The molecule has 0 aliphatic rings. The molecule has 0 aliphatic heterocycles. The molecule has 4 aromatic carbocycles. The van der Waals surface area contributed by atoms with Crippen molar-refractivity contribution in [1.82, 2.24) is 0 Å². The van der Waals surface area contributed by atoms with E-state index in [4.69, 9.17) is 54.2 Å². The predicted octanol–water partition coefficient (Wildman–Crippen LogP) is 6.70. The Balaban J connectivity index is 0.000000351. The standard InChI is InChI=1S/C11H11NO3.C9H7ClO.2C9H8O2.B.Cl2OS.Na.H/c12-9(11(13)14)6-7-1-2-10-8(5-7)3-4-15-10;10-6-7-1-2-9-8(5-7)3-4-11-9;1-10-8-2-3-9-7(6-8)4-5-11-9;10-6-7-1-2-9-8(5-7)3-4-11-9;;1-4(2)3;;/h1-5,9H,6,12H2,(H,13,14);1-5H,6H2;2-6H,1H3;1-5,10H,6H2;;;;/q;;;;;;+1;-1/t9-;;;;;;;/m1......./s1. The number of aliphatic carboxylic acids is 1. The molecule has 8 aromatic rings. The van der Waals surface area contributed by atoms with Gasteiger partial charge in [-0.2, -0.15) is 0 Å². The molecule has 0 amide bonds. The van der Waals surface area contributed by atoms with Crippen molar-refractivity contribution < 1.29 is 72.6 Å². The van der Waals surface area contributed by atoms with Crippen molar-refractivity contribution in [3.8, 4) is 5.75 Å². The maximum atomic E-state index is 10.6. The fraction of sp³-hybridized carbons (Fsp3) is 0.132. The van der Waals surface area contributed by atoms with Gasteiger partial charge in [-0.25, -0.2) is 4.21 Å². The number of carbonyl (C=O) groups is 1. The van der Waals surface area contributed by atoms with Crippen molar-refractivity contribution in [2.45, 2.75) is 24.9 Å². The molecule has 0 spiro atoms. The van der Waals surface area contributed by atoms with Crippen molar-refractivity contribution in [1.29, 1.82) is 0 Å². The minimum Gasteiger partial charge on any atom is -1.00 e. The molecule has 0 bridgehead atoms. The zero-order valence-electron chi connectivity index (χ0n) is 30.2. The van der Waals surface area contributed by atoms with Crippen molar-refractivity contribution in [2.75, 3.05) is 7.11 Å². The van der Waals surface area contributed by atoms with Gasteiger partial charge in [-0.3, -0.25) is 4.79 Å². The average molecular weight is 822 g/mol. The second-order valence-electron chi connectivity index (χ2n) is 10.8. The van der Waals surface area contributed by atoms with E-state index in [-0.39, 0.29) is 46.0 Å². The van der Waals surface area contributed by atoms with Crippen LogP contribution < -0.4 is 40.0 Å². The fourth-order valence-corrected chi connectivity index (χ4v) is 4.94. The number of carboxylic acids is 1. The molecule has 277 valence electrons. The number of hydrogen-bond acceptors (Lipinski definition) is 9. The summed E-state index contributed by atoms with van der Waals surface area (Å²) in [6.45, 7) is 0.0844. The number of methoxy groups -OCH3 is 1. The van der Waals surface area contributed by atoms with Crippen LogP contribution >= 0.6 is 33.0 Å². The normalized spacial score (nSPS) is 10.6. The van der Waals surface area contributed by atoms with E-state index in [1.165, 1.54) is 0 Å². The van der Waals surface area contributed by atoms with Crippen LogP contribution in [0.1, 0.15) is 18.1 Å². The molecule has 10 nitrogen and oxygen atoms in total. The van der Waals surface area contributed by atoms with Crippen LogP contribution in [0.5, 0.6) is 5.75 Å². The molecule has 0 aliphatic carbocycles. The van der Waals surface area contributed by atoms with Crippen LogP contribution in [0.4, 0.5) is 0 Å². The van der Waals surface area contributed by atoms with Crippen LogP contribution in [0.25, 0.3) is 43.9 Å². The predicted molar refractivity (Wildman–Crippen MR) is 213 cm³/mol. The van der Waals surface area contributed by atoms with Crippen LogP contribution in [0.2, 0.25) is 0 Å². The Kier molecular flexibility index (Phi) is 20.6. The third-order valence-corrected chi connectivity index (χ3v) is 7.63. The monoisotopic (exact) mass is 820 g/mol. The van der Waals surface area contributed by atoms with E-state index in [2.05, 4.69) is 21.4 Å². The average Bonchev–Trinajstić information content (AvgIpc) is 3.98. The molecule has 8 rings (SSSR count). The van der Waals surface area contributed by atoms with Crippen molar-refractivity contribution in [2.24, 2.45) is 5.73 Å². The SMILES string of the molecule is COc1ccc2occc2c1.ClCc1ccc2occc2c1.N[C@H](Cc1ccc2occc2c1)C(=O)O.O=S(Cl)Cl.OCc1ccc2occc2c1.[B].[H-].[Na+]. The summed E-state index contributed by atoms with van der Waals surface area (Å²) in [7, 11) is 9.01. The number of halogens is 3. The molecule has 4 aromatic heterocycles. The molecule has 4 heterocycles. The molecular weight excluding hydrogens is 787 g/mol. The molecule has 54 heavy (non-hydrogen) atoms. The summed E-state index contributed by atoms with van der Waals surface area (Å²) < 4.78 is 34.8. The first-order valence-corrected chi connectivity index (χ1v) is 18.7. The maximum Gasteiger partial charge on any atom is 1.00 e.